The highest BCUT2D eigenvalue weighted by Gasteiger charge is 2.37. The molecule has 0 spiro atoms. The van der Waals surface area contributed by atoms with Crippen LogP contribution in [0.3, 0.4) is 0 Å². The van der Waals surface area contributed by atoms with Gasteiger partial charge in [-0.15, -0.1) is 0 Å². The summed E-state index contributed by atoms with van der Waals surface area (Å²) in [6.45, 7) is 1.17. The van der Waals surface area contributed by atoms with Crippen molar-refractivity contribution in [3.63, 3.8) is 0 Å². The summed E-state index contributed by atoms with van der Waals surface area (Å²) in [4.78, 5) is 13.7. The van der Waals surface area contributed by atoms with Gasteiger partial charge in [0.25, 0.3) is 0 Å². The number of urea groups is 1. The number of hydrogen-bond donors (Lipinski definition) is 1. The minimum absolute atomic E-state index is 0.0240. The van der Waals surface area contributed by atoms with Gasteiger partial charge in [0.15, 0.2) is 6.23 Å². The van der Waals surface area contributed by atoms with Crippen LogP contribution in [0.1, 0.15) is 41.5 Å². The highest BCUT2D eigenvalue weighted by atomic mass is 19.4. The molecular weight excluding hydrogens is 454 g/mol. The second kappa shape index (κ2) is 10.9. The molecule has 0 fully saturated rings. The van der Waals surface area contributed by atoms with Crippen molar-refractivity contribution in [2.45, 2.75) is 31.6 Å². The summed E-state index contributed by atoms with van der Waals surface area (Å²) in [5.74, 6) is 0. The first-order chi connectivity index (χ1) is 15.3. The average molecular weight is 478 g/mol. The summed E-state index contributed by atoms with van der Waals surface area (Å²) in [5.41, 5.74) is -2.36. The molecule has 0 aliphatic rings. The smallest absolute Gasteiger partial charge is 0.372 e. The molecule has 0 bridgehead atoms. The number of rotatable bonds is 8. The molecule has 2 aromatic carbocycles. The molecule has 5 nitrogen and oxygen atoms in total. The highest BCUT2D eigenvalue weighted by Crippen LogP contribution is 2.37. The van der Waals surface area contributed by atoms with Gasteiger partial charge in [-0.2, -0.15) is 26.3 Å². The van der Waals surface area contributed by atoms with Crippen molar-refractivity contribution in [3.8, 4) is 0 Å². The van der Waals surface area contributed by atoms with Crippen molar-refractivity contribution in [2.24, 2.45) is 0 Å². The number of hydrogen-bond acceptors (Lipinski definition) is 3. The number of amides is 2. The van der Waals surface area contributed by atoms with Gasteiger partial charge in [0.05, 0.1) is 23.8 Å². The van der Waals surface area contributed by atoms with Crippen molar-refractivity contribution in [1.82, 2.24) is 10.2 Å². The molecule has 182 valence electrons. The fourth-order valence-electron chi connectivity index (χ4n) is 3.07. The van der Waals surface area contributed by atoms with E-state index < -0.39 is 41.8 Å². The summed E-state index contributed by atoms with van der Waals surface area (Å²) in [6.07, 6.45) is -11.6. The summed E-state index contributed by atoms with van der Waals surface area (Å²) in [6, 6.07) is 9.77. The largest absolute Gasteiger partial charge is 0.416 e. The molecule has 33 heavy (non-hydrogen) atoms. The molecule has 0 aromatic heterocycles. The standard InChI is InChI=1S/C22H24F6N2O3/c1-14(16-11-17(21(23,24)25)13-18(12-16)22(26,27)28)33-10-9-29-20(31)30(2)19(32-3)15-7-5-4-6-8-15/h4-8,11-14,19H,9-10H2,1-3H3,(H,29,31)/t14-,19+/m1/s1. The van der Waals surface area contributed by atoms with Crippen LogP contribution in [0, 0.1) is 0 Å². The Labute approximate surface area is 187 Å². The van der Waals surface area contributed by atoms with Gasteiger partial charge >= 0.3 is 18.4 Å². The normalized spacial score (nSPS) is 14.0. The van der Waals surface area contributed by atoms with Crippen LogP contribution in [0.5, 0.6) is 0 Å². The van der Waals surface area contributed by atoms with E-state index in [-0.39, 0.29) is 24.8 Å². The van der Waals surface area contributed by atoms with Crippen LogP contribution >= 0.6 is 0 Å². The minimum Gasteiger partial charge on any atom is -0.372 e. The van der Waals surface area contributed by atoms with Crippen molar-refractivity contribution in [3.05, 3.63) is 70.8 Å². The second-order valence-corrected chi connectivity index (χ2v) is 7.19. The lowest BCUT2D eigenvalue weighted by molar-refractivity contribution is -0.143. The fourth-order valence-corrected chi connectivity index (χ4v) is 3.07. The van der Waals surface area contributed by atoms with E-state index in [1.807, 2.05) is 6.07 Å². The minimum atomic E-state index is -4.94. The Morgan fingerprint density at radius 3 is 2.00 bits per heavy atom. The SMILES string of the molecule is CO[C@@H](c1ccccc1)N(C)C(=O)NCCO[C@H](C)c1cc(C(F)(F)F)cc(C(F)(F)F)c1. The first-order valence-electron chi connectivity index (χ1n) is 9.84. The Morgan fingerprint density at radius 2 is 1.52 bits per heavy atom. The molecule has 2 amide bonds. The van der Waals surface area contributed by atoms with E-state index in [0.29, 0.717) is 12.1 Å². The van der Waals surface area contributed by atoms with Crippen LogP contribution in [-0.2, 0) is 21.8 Å². The Bertz CT molecular complexity index is 886. The zero-order valence-electron chi connectivity index (χ0n) is 18.1. The number of nitrogens with zero attached hydrogens (tertiary/aromatic N) is 1. The lowest BCUT2D eigenvalue weighted by atomic mass is 10.0. The van der Waals surface area contributed by atoms with Gasteiger partial charge in [-0.1, -0.05) is 30.3 Å². The van der Waals surface area contributed by atoms with E-state index in [1.165, 1.54) is 26.0 Å². The molecule has 2 rings (SSSR count). The Morgan fingerprint density at radius 1 is 0.970 bits per heavy atom. The summed E-state index contributed by atoms with van der Waals surface area (Å²) in [7, 11) is 2.96. The van der Waals surface area contributed by atoms with E-state index in [2.05, 4.69) is 5.32 Å². The van der Waals surface area contributed by atoms with Crippen LogP contribution in [0.2, 0.25) is 0 Å². The molecule has 0 aliphatic heterocycles. The second-order valence-electron chi connectivity index (χ2n) is 7.19. The van der Waals surface area contributed by atoms with E-state index in [9.17, 15) is 31.1 Å². The summed E-state index contributed by atoms with van der Waals surface area (Å²) < 4.78 is 88.8. The molecule has 0 heterocycles. The van der Waals surface area contributed by atoms with Crippen LogP contribution in [0.4, 0.5) is 31.1 Å². The number of nitrogens with one attached hydrogen (secondary N) is 1. The van der Waals surface area contributed by atoms with E-state index in [1.54, 1.807) is 24.3 Å². The molecule has 0 saturated heterocycles. The Hall–Kier alpha value is -2.79. The number of methoxy groups -OCH3 is 1. The van der Waals surface area contributed by atoms with Gasteiger partial charge in [0.1, 0.15) is 0 Å². The molecule has 1 N–H and O–H groups in total. The third-order valence-corrected chi connectivity index (χ3v) is 4.81. The summed E-state index contributed by atoms with van der Waals surface area (Å²) in [5, 5.41) is 2.57. The van der Waals surface area contributed by atoms with E-state index in [4.69, 9.17) is 9.47 Å². The van der Waals surface area contributed by atoms with Gasteiger partial charge in [0, 0.05) is 26.3 Å². The lowest BCUT2D eigenvalue weighted by Crippen LogP contribution is -2.41. The molecule has 2 atom stereocenters. The fraction of sp³-hybridized carbons (Fsp3) is 0.409. The third-order valence-electron chi connectivity index (χ3n) is 4.81. The van der Waals surface area contributed by atoms with Crippen LogP contribution in [0.25, 0.3) is 0 Å². The molecule has 11 heteroatoms. The average Bonchev–Trinajstić information content (AvgIpc) is 2.76. The molecule has 0 radical (unpaired) electrons. The van der Waals surface area contributed by atoms with Crippen LogP contribution in [-0.4, -0.2) is 38.2 Å². The zero-order valence-corrected chi connectivity index (χ0v) is 18.1. The highest BCUT2D eigenvalue weighted by molar-refractivity contribution is 5.74. The predicted octanol–water partition coefficient (Wildman–Crippen LogP) is 5.79. The molecule has 0 unspecified atom stereocenters. The zero-order chi connectivity index (χ0) is 24.8. The Balaban J connectivity index is 1.97. The molecule has 0 saturated carbocycles. The Kier molecular flexibility index (Phi) is 8.73. The van der Waals surface area contributed by atoms with Gasteiger partial charge < -0.3 is 14.8 Å². The molecule has 0 aliphatic carbocycles. The van der Waals surface area contributed by atoms with Gasteiger partial charge in [0.2, 0.25) is 0 Å². The van der Waals surface area contributed by atoms with Gasteiger partial charge in [-0.25, -0.2) is 4.79 Å². The maximum Gasteiger partial charge on any atom is 0.416 e. The van der Waals surface area contributed by atoms with Crippen molar-refractivity contribution < 1.29 is 40.6 Å². The molecule has 2 aromatic rings. The number of carbonyl (C=O) groups is 1. The number of carbonyl (C=O) groups excluding carboxylic acids is 1. The van der Waals surface area contributed by atoms with Crippen molar-refractivity contribution in [2.75, 3.05) is 27.3 Å². The lowest BCUT2D eigenvalue weighted by Gasteiger charge is -2.27. The number of benzene rings is 2. The number of ether oxygens (including phenoxy) is 2. The first-order valence-corrected chi connectivity index (χ1v) is 9.84. The maximum atomic E-state index is 13.0. The van der Waals surface area contributed by atoms with Gasteiger partial charge in [-0.05, 0) is 30.7 Å². The predicted molar refractivity (Wildman–Crippen MR) is 108 cm³/mol. The monoisotopic (exact) mass is 478 g/mol. The van der Waals surface area contributed by atoms with Crippen molar-refractivity contribution in [1.29, 1.82) is 0 Å². The third kappa shape index (κ3) is 7.36. The van der Waals surface area contributed by atoms with E-state index >= 15 is 0 Å². The topological polar surface area (TPSA) is 50.8 Å². The maximum absolute atomic E-state index is 13.0. The first kappa shape index (κ1) is 26.5. The van der Waals surface area contributed by atoms with Crippen LogP contribution < -0.4 is 5.32 Å². The van der Waals surface area contributed by atoms with E-state index in [0.717, 1.165) is 5.56 Å². The van der Waals surface area contributed by atoms with Gasteiger partial charge in [-0.3, -0.25) is 4.90 Å². The number of halogens is 6. The molecular formula is C22H24F6N2O3. The van der Waals surface area contributed by atoms with Crippen molar-refractivity contribution >= 4 is 6.03 Å². The number of alkyl halides is 6. The quantitative estimate of drug-likeness (QED) is 0.297. The van der Waals surface area contributed by atoms with Crippen LogP contribution in [0.15, 0.2) is 48.5 Å². The summed E-state index contributed by atoms with van der Waals surface area (Å²) >= 11 is 0.